The van der Waals surface area contributed by atoms with E-state index in [4.69, 9.17) is 6.58 Å². The molecule has 0 aliphatic rings. The number of nitrogens with one attached hydrogen (secondary N) is 1. The van der Waals surface area contributed by atoms with Gasteiger partial charge in [0, 0.05) is 19.0 Å². The molecule has 38 heavy (non-hydrogen) atoms. The summed E-state index contributed by atoms with van der Waals surface area (Å²) < 4.78 is 0. The molecule has 0 amide bonds. The van der Waals surface area contributed by atoms with E-state index in [2.05, 4.69) is 129 Å². The van der Waals surface area contributed by atoms with Crippen molar-refractivity contribution >= 4 is 0 Å². The number of hydrogen-bond acceptors (Lipinski definition) is 1. The van der Waals surface area contributed by atoms with Crippen molar-refractivity contribution in [3.63, 3.8) is 0 Å². The average molecular weight is 500 g/mol. The van der Waals surface area contributed by atoms with Gasteiger partial charge < -0.3 is 5.32 Å². The molecule has 0 radical (unpaired) electrons. The molecule has 1 nitrogen and oxygen atoms in total. The molecule has 0 fully saturated rings. The molecule has 0 bridgehead atoms. The van der Waals surface area contributed by atoms with Crippen molar-refractivity contribution in [2.45, 2.75) is 52.0 Å². The zero-order chi connectivity index (χ0) is 26.7. The summed E-state index contributed by atoms with van der Waals surface area (Å²) in [5, 5.41) is 3.62. The van der Waals surface area contributed by atoms with Gasteiger partial charge in [-0.15, -0.1) is 0 Å². The van der Waals surface area contributed by atoms with E-state index in [0.29, 0.717) is 0 Å². The second-order valence-corrected chi connectivity index (χ2v) is 10.3. The highest BCUT2D eigenvalue weighted by Gasteiger charge is 2.21. The van der Waals surface area contributed by atoms with E-state index in [0.717, 1.165) is 44.3 Å². The van der Waals surface area contributed by atoms with Crippen LogP contribution in [0.4, 0.5) is 0 Å². The second kappa shape index (κ2) is 13.7. The largest absolute Gasteiger partial charge is 0.309 e. The Labute approximate surface area is 230 Å². The van der Waals surface area contributed by atoms with Crippen LogP contribution in [0.15, 0.2) is 127 Å². The Hall–Kier alpha value is -3.68. The summed E-state index contributed by atoms with van der Waals surface area (Å²) in [7, 11) is 0. The third-order valence-electron chi connectivity index (χ3n) is 7.33. The predicted molar refractivity (Wildman–Crippen MR) is 164 cm³/mol. The van der Waals surface area contributed by atoms with Crippen LogP contribution in [0.5, 0.6) is 0 Å². The molecule has 0 atom stereocenters. The monoisotopic (exact) mass is 499 g/mol. The van der Waals surface area contributed by atoms with E-state index in [1.165, 1.54) is 44.5 Å². The minimum Gasteiger partial charge on any atom is -0.309 e. The summed E-state index contributed by atoms with van der Waals surface area (Å²) in [6, 6.07) is 37.2. The number of rotatable bonds is 13. The third kappa shape index (κ3) is 7.21. The van der Waals surface area contributed by atoms with Crippen LogP contribution < -0.4 is 5.32 Å². The Morgan fingerprint density at radius 1 is 0.684 bits per heavy atom. The normalized spacial score (nSPS) is 11.0. The highest BCUT2D eigenvalue weighted by Crippen LogP contribution is 2.35. The average Bonchev–Trinajstić information content (AvgIpc) is 2.94. The van der Waals surface area contributed by atoms with Gasteiger partial charge in [-0.3, -0.25) is 0 Å². The molecule has 0 aromatic heterocycles. The number of hydrogen-bond donors (Lipinski definition) is 1. The minimum atomic E-state index is 0.154. The third-order valence-corrected chi connectivity index (χ3v) is 7.33. The number of benzene rings is 4. The van der Waals surface area contributed by atoms with Crippen LogP contribution in [0.1, 0.15) is 58.7 Å². The first-order valence-corrected chi connectivity index (χ1v) is 13.9. The Morgan fingerprint density at radius 2 is 1.24 bits per heavy atom. The zero-order valence-electron chi connectivity index (χ0n) is 23.0. The fourth-order valence-corrected chi connectivity index (χ4v) is 5.43. The maximum atomic E-state index is 4.73. The molecule has 194 valence electrons. The smallest absolute Gasteiger partial charge is 0.0299 e. The molecule has 1 N–H and O–H groups in total. The predicted octanol–water partition coefficient (Wildman–Crippen LogP) is 8.63. The standard InChI is InChI=1S/C37H41N/c1-5-31-22-23-34(27-38-26-28(2)3)36(35(31)24-21-30-15-9-6-10-16-30)25-29(4)37(32-17-11-7-12-18-32)33-19-13-8-14-20-33/h6-20,22-23,37-38H,2,4-5,21,24-27H2,1,3H3. The van der Waals surface area contributed by atoms with Crippen LogP contribution in [0, 0.1) is 0 Å². The minimum absolute atomic E-state index is 0.154. The molecular formula is C37H41N. The molecule has 0 unspecified atom stereocenters. The quantitative estimate of drug-likeness (QED) is 0.182. The molecule has 1 heteroatoms. The lowest BCUT2D eigenvalue weighted by Gasteiger charge is -2.25. The van der Waals surface area contributed by atoms with E-state index >= 15 is 0 Å². The summed E-state index contributed by atoms with van der Waals surface area (Å²) in [5.41, 5.74) is 12.1. The molecule has 4 aromatic carbocycles. The lowest BCUT2D eigenvalue weighted by molar-refractivity contribution is 0.728. The SMILES string of the molecule is C=C(C)CNCc1ccc(CC)c(CCc2ccccc2)c1CC(=C)C(c1ccccc1)c1ccccc1. The van der Waals surface area contributed by atoms with Gasteiger partial charge >= 0.3 is 0 Å². The van der Waals surface area contributed by atoms with E-state index in [9.17, 15) is 0 Å². The number of allylic oxidation sites excluding steroid dienone is 1. The van der Waals surface area contributed by atoms with Crippen molar-refractivity contribution in [2.75, 3.05) is 6.54 Å². The van der Waals surface area contributed by atoms with Crippen LogP contribution in [-0.4, -0.2) is 6.54 Å². The molecule has 0 heterocycles. The Balaban J connectivity index is 1.73. The molecule has 0 saturated carbocycles. The lowest BCUT2D eigenvalue weighted by atomic mass is 9.80. The van der Waals surface area contributed by atoms with Gasteiger partial charge in [-0.2, -0.15) is 0 Å². The summed E-state index contributed by atoms with van der Waals surface area (Å²) >= 11 is 0. The van der Waals surface area contributed by atoms with E-state index < -0.39 is 0 Å². The summed E-state index contributed by atoms with van der Waals surface area (Å²) in [5.74, 6) is 0.154. The van der Waals surface area contributed by atoms with Crippen molar-refractivity contribution in [2.24, 2.45) is 0 Å². The summed E-state index contributed by atoms with van der Waals surface area (Å²) in [6.45, 7) is 14.8. The molecule has 4 rings (SSSR count). The van der Waals surface area contributed by atoms with E-state index in [-0.39, 0.29) is 5.92 Å². The van der Waals surface area contributed by atoms with Crippen molar-refractivity contribution in [3.8, 4) is 0 Å². The molecule has 0 aliphatic heterocycles. The maximum absolute atomic E-state index is 4.73. The van der Waals surface area contributed by atoms with Crippen molar-refractivity contribution in [1.82, 2.24) is 5.32 Å². The van der Waals surface area contributed by atoms with Crippen LogP contribution in [0.25, 0.3) is 0 Å². The highest BCUT2D eigenvalue weighted by molar-refractivity contribution is 5.48. The Kier molecular flexibility index (Phi) is 9.90. The molecular weight excluding hydrogens is 458 g/mol. The second-order valence-electron chi connectivity index (χ2n) is 10.3. The first-order valence-electron chi connectivity index (χ1n) is 13.9. The van der Waals surface area contributed by atoms with Crippen molar-refractivity contribution < 1.29 is 0 Å². The van der Waals surface area contributed by atoms with Crippen LogP contribution >= 0.6 is 0 Å². The van der Waals surface area contributed by atoms with Gasteiger partial charge in [0.1, 0.15) is 0 Å². The van der Waals surface area contributed by atoms with Crippen LogP contribution in [0.3, 0.4) is 0 Å². The van der Waals surface area contributed by atoms with Crippen molar-refractivity contribution in [3.05, 3.63) is 166 Å². The van der Waals surface area contributed by atoms with Gasteiger partial charge in [-0.25, -0.2) is 0 Å². The molecule has 4 aromatic rings. The van der Waals surface area contributed by atoms with Gasteiger partial charge in [0.2, 0.25) is 0 Å². The topological polar surface area (TPSA) is 12.0 Å². The fraction of sp³-hybridized carbons (Fsp3) is 0.243. The molecule has 0 saturated heterocycles. The Morgan fingerprint density at radius 3 is 1.79 bits per heavy atom. The fourth-order valence-electron chi connectivity index (χ4n) is 5.43. The van der Waals surface area contributed by atoms with Crippen LogP contribution in [0.2, 0.25) is 0 Å². The highest BCUT2D eigenvalue weighted by atomic mass is 14.8. The van der Waals surface area contributed by atoms with Crippen molar-refractivity contribution in [1.29, 1.82) is 0 Å². The number of aryl methyl sites for hydroxylation is 2. The Bertz CT molecular complexity index is 1280. The zero-order valence-corrected chi connectivity index (χ0v) is 23.0. The summed E-state index contributed by atoms with van der Waals surface area (Å²) in [6.07, 6.45) is 3.96. The van der Waals surface area contributed by atoms with Gasteiger partial charge in [0.05, 0.1) is 0 Å². The summed E-state index contributed by atoms with van der Waals surface area (Å²) in [4.78, 5) is 0. The van der Waals surface area contributed by atoms with Crippen LogP contribution in [-0.2, 0) is 32.2 Å². The molecule has 0 spiro atoms. The molecule has 0 aliphatic carbocycles. The first-order chi connectivity index (χ1) is 18.6. The van der Waals surface area contributed by atoms with E-state index in [1.54, 1.807) is 0 Å². The first kappa shape index (κ1) is 27.4. The van der Waals surface area contributed by atoms with Gasteiger partial charge in [0.15, 0.2) is 0 Å². The van der Waals surface area contributed by atoms with E-state index in [1.807, 2.05) is 0 Å². The maximum Gasteiger partial charge on any atom is 0.0299 e. The van der Waals surface area contributed by atoms with Gasteiger partial charge in [-0.05, 0) is 71.6 Å². The van der Waals surface area contributed by atoms with Gasteiger partial charge in [0.25, 0.3) is 0 Å². The lowest BCUT2D eigenvalue weighted by Crippen LogP contribution is -2.18. The van der Waals surface area contributed by atoms with Gasteiger partial charge in [-0.1, -0.05) is 134 Å².